The van der Waals surface area contributed by atoms with Crippen molar-refractivity contribution >= 4 is 43.9 Å². The van der Waals surface area contributed by atoms with Crippen molar-refractivity contribution in [3.63, 3.8) is 0 Å². The highest BCUT2D eigenvalue weighted by atomic mass is 35.5. The number of nitrogens with one attached hydrogen (secondary N) is 1. The Labute approximate surface area is 177 Å². The molecule has 11 heteroatoms. The third-order valence-electron chi connectivity index (χ3n) is 4.35. The number of aromatic carboxylic acids is 1. The molecule has 2 heterocycles. The first kappa shape index (κ1) is 21.5. The van der Waals surface area contributed by atoms with Crippen LogP contribution in [0.1, 0.15) is 32.4 Å². The smallest absolute Gasteiger partial charge is 0.346 e. The van der Waals surface area contributed by atoms with Crippen LogP contribution in [-0.2, 0) is 14.8 Å². The lowest BCUT2D eigenvalue weighted by Crippen LogP contribution is -2.36. The number of halogens is 1. The first-order valence-corrected chi connectivity index (χ1v) is 11.7. The number of carboxylic acid groups (broad SMARTS) is 1. The highest BCUT2D eigenvalue weighted by molar-refractivity contribution is 7.88. The van der Waals surface area contributed by atoms with E-state index in [1.807, 2.05) is 4.90 Å². The van der Waals surface area contributed by atoms with Gasteiger partial charge in [-0.1, -0.05) is 23.7 Å². The van der Waals surface area contributed by atoms with E-state index in [1.165, 1.54) is 0 Å². The fraction of sp³-hybridized carbons (Fsp3) is 0.333. The molecule has 0 aliphatic carbocycles. The Morgan fingerprint density at radius 3 is 2.48 bits per heavy atom. The normalized spacial score (nSPS) is 15.7. The Balaban J connectivity index is 2.22. The number of hydrogen-bond donors (Lipinski definition) is 2. The van der Waals surface area contributed by atoms with Crippen molar-refractivity contribution in [2.24, 2.45) is 0 Å². The number of ether oxygens (including phenoxy) is 1. The van der Waals surface area contributed by atoms with Gasteiger partial charge in [0.05, 0.1) is 31.1 Å². The number of rotatable bonds is 6. The third kappa shape index (κ3) is 4.88. The highest BCUT2D eigenvalue weighted by Gasteiger charge is 2.33. The first-order valence-electron chi connectivity index (χ1n) is 8.57. The molecule has 2 N–H and O–H groups in total. The van der Waals surface area contributed by atoms with Crippen molar-refractivity contribution in [3.05, 3.63) is 50.9 Å². The summed E-state index contributed by atoms with van der Waals surface area (Å²) in [6.07, 6.45) is 0.984. The Hall–Kier alpha value is -2.16. The van der Waals surface area contributed by atoms with Crippen molar-refractivity contribution < 1.29 is 23.1 Å². The molecule has 0 spiro atoms. The maximum Gasteiger partial charge on any atom is 0.346 e. The van der Waals surface area contributed by atoms with E-state index >= 15 is 0 Å². The summed E-state index contributed by atoms with van der Waals surface area (Å²) >= 11 is 6.90. The van der Waals surface area contributed by atoms with Crippen LogP contribution in [0.4, 0.5) is 5.00 Å². The number of nitrogens with zero attached hydrogens (tertiary/aromatic N) is 2. The predicted molar refractivity (Wildman–Crippen MR) is 110 cm³/mol. The lowest BCUT2D eigenvalue weighted by molar-refractivity contribution is 0.0700. The van der Waals surface area contributed by atoms with E-state index in [0.29, 0.717) is 41.9 Å². The monoisotopic (exact) mass is 455 g/mol. The van der Waals surface area contributed by atoms with E-state index in [9.17, 15) is 23.6 Å². The van der Waals surface area contributed by atoms with E-state index in [0.717, 1.165) is 17.6 Å². The molecule has 1 saturated heterocycles. The highest BCUT2D eigenvalue weighted by Crippen LogP contribution is 2.41. The van der Waals surface area contributed by atoms with Gasteiger partial charge in [-0.05, 0) is 17.7 Å². The van der Waals surface area contributed by atoms with E-state index in [1.54, 1.807) is 24.3 Å². The van der Waals surface area contributed by atoms with Crippen molar-refractivity contribution in [1.82, 2.24) is 4.72 Å². The molecule has 3 rings (SSSR count). The molecule has 0 amide bonds. The van der Waals surface area contributed by atoms with Crippen LogP contribution in [0.2, 0.25) is 5.02 Å². The number of benzene rings is 1. The second kappa shape index (κ2) is 8.69. The van der Waals surface area contributed by atoms with E-state index < -0.39 is 22.0 Å². The van der Waals surface area contributed by atoms with Crippen LogP contribution < -0.4 is 9.62 Å². The van der Waals surface area contributed by atoms with Gasteiger partial charge in [-0.15, -0.1) is 11.3 Å². The Morgan fingerprint density at radius 2 is 1.97 bits per heavy atom. The molecule has 0 saturated carbocycles. The molecule has 1 unspecified atom stereocenters. The van der Waals surface area contributed by atoms with Gasteiger partial charge >= 0.3 is 5.97 Å². The first-order chi connectivity index (χ1) is 13.7. The molecule has 29 heavy (non-hydrogen) atoms. The summed E-state index contributed by atoms with van der Waals surface area (Å²) in [7, 11) is -3.73. The molecule has 0 bridgehead atoms. The van der Waals surface area contributed by atoms with Crippen molar-refractivity contribution in [2.45, 2.75) is 6.04 Å². The van der Waals surface area contributed by atoms with E-state index in [4.69, 9.17) is 16.3 Å². The molecule has 1 aromatic heterocycles. The molecule has 8 nitrogen and oxygen atoms in total. The minimum atomic E-state index is -3.73. The number of hydrogen-bond acceptors (Lipinski definition) is 7. The maximum absolute atomic E-state index is 12.1. The number of carboxylic acids is 1. The lowest BCUT2D eigenvalue weighted by atomic mass is 9.96. The van der Waals surface area contributed by atoms with Crippen molar-refractivity contribution in [3.8, 4) is 6.07 Å². The SMILES string of the molecule is CS(=O)(=O)NC(c1ccc(Cl)cc1)c1c(C(=O)O)sc(N2CCOCC2)c1C#N. The summed E-state index contributed by atoms with van der Waals surface area (Å²) in [5, 5.41) is 20.6. The van der Waals surface area contributed by atoms with Gasteiger partial charge in [-0.3, -0.25) is 0 Å². The van der Waals surface area contributed by atoms with Gasteiger partial charge in [-0.25, -0.2) is 17.9 Å². The average molecular weight is 456 g/mol. The zero-order valence-electron chi connectivity index (χ0n) is 15.4. The number of sulfonamides is 1. The second-order valence-electron chi connectivity index (χ2n) is 6.42. The molecular weight excluding hydrogens is 438 g/mol. The average Bonchev–Trinajstić information content (AvgIpc) is 3.06. The molecule has 154 valence electrons. The van der Waals surface area contributed by atoms with Gasteiger partial charge in [0.15, 0.2) is 0 Å². The zero-order chi connectivity index (χ0) is 21.2. The molecule has 0 radical (unpaired) electrons. The molecule has 1 fully saturated rings. The van der Waals surface area contributed by atoms with Crippen LogP contribution in [-0.4, -0.2) is 52.1 Å². The summed E-state index contributed by atoms with van der Waals surface area (Å²) in [6, 6.07) is 7.40. The van der Waals surface area contributed by atoms with Crippen LogP contribution in [0.3, 0.4) is 0 Å². The Kier molecular flexibility index (Phi) is 6.45. The molecule has 1 aliphatic rings. The Morgan fingerprint density at radius 1 is 1.34 bits per heavy atom. The molecular formula is C18H18ClN3O5S2. The minimum absolute atomic E-state index is 0.0841. The maximum atomic E-state index is 12.1. The zero-order valence-corrected chi connectivity index (χ0v) is 17.8. The third-order valence-corrected chi connectivity index (χ3v) is 6.53. The Bertz CT molecular complexity index is 1050. The van der Waals surface area contributed by atoms with Crippen LogP contribution in [0.5, 0.6) is 0 Å². The van der Waals surface area contributed by atoms with Gasteiger partial charge in [0.2, 0.25) is 10.0 Å². The molecule has 1 aromatic carbocycles. The fourth-order valence-electron chi connectivity index (χ4n) is 3.13. The number of anilines is 1. The quantitative estimate of drug-likeness (QED) is 0.686. The van der Waals surface area contributed by atoms with Crippen LogP contribution in [0, 0.1) is 11.3 Å². The van der Waals surface area contributed by atoms with E-state index in [-0.39, 0.29) is 16.0 Å². The predicted octanol–water partition coefficient (Wildman–Crippen LogP) is 2.45. The summed E-state index contributed by atoms with van der Waals surface area (Å²) in [5.74, 6) is -1.23. The molecule has 2 aromatic rings. The van der Waals surface area contributed by atoms with Crippen molar-refractivity contribution in [1.29, 1.82) is 5.26 Å². The second-order valence-corrected chi connectivity index (χ2v) is 9.63. The lowest BCUT2D eigenvalue weighted by Gasteiger charge is -2.28. The van der Waals surface area contributed by atoms with Crippen LogP contribution in [0.25, 0.3) is 0 Å². The number of carbonyl (C=O) groups is 1. The van der Waals surface area contributed by atoms with Gasteiger partial charge in [0.1, 0.15) is 15.9 Å². The minimum Gasteiger partial charge on any atom is -0.477 e. The fourth-order valence-corrected chi connectivity index (χ4v) is 5.11. The summed E-state index contributed by atoms with van der Waals surface area (Å²) < 4.78 is 31.9. The molecule has 1 aliphatic heterocycles. The number of thiophene rings is 1. The van der Waals surface area contributed by atoms with Gasteiger partial charge < -0.3 is 14.7 Å². The van der Waals surface area contributed by atoms with Crippen molar-refractivity contribution in [2.75, 3.05) is 37.5 Å². The van der Waals surface area contributed by atoms with E-state index in [2.05, 4.69) is 10.8 Å². The van der Waals surface area contributed by atoms with Gasteiger partial charge in [0.25, 0.3) is 0 Å². The van der Waals surface area contributed by atoms with Crippen LogP contribution >= 0.6 is 22.9 Å². The number of nitriles is 1. The number of morpholine rings is 1. The summed E-state index contributed by atoms with van der Waals surface area (Å²) in [6.45, 7) is 1.95. The van der Waals surface area contributed by atoms with Crippen LogP contribution in [0.15, 0.2) is 24.3 Å². The largest absolute Gasteiger partial charge is 0.477 e. The topological polar surface area (TPSA) is 120 Å². The summed E-state index contributed by atoms with van der Waals surface area (Å²) in [4.78, 5) is 13.8. The van der Waals surface area contributed by atoms with Gasteiger partial charge in [0, 0.05) is 23.7 Å². The molecule has 1 atom stereocenters. The van der Waals surface area contributed by atoms with Gasteiger partial charge in [-0.2, -0.15) is 5.26 Å². The standard InChI is InChI=1S/C18H18ClN3O5S2/c1-29(25,26)21-15(11-2-4-12(19)5-3-11)14-13(10-20)17(28-16(14)18(23)24)22-6-8-27-9-7-22/h2-5,15,21H,6-9H2,1H3,(H,23,24). The summed E-state index contributed by atoms with van der Waals surface area (Å²) in [5.41, 5.74) is 0.745.